The van der Waals surface area contributed by atoms with Gasteiger partial charge in [-0.3, -0.25) is 4.79 Å². The van der Waals surface area contributed by atoms with E-state index < -0.39 is 24.3 Å². The topological polar surface area (TPSA) is 55.4 Å². The zero-order chi connectivity index (χ0) is 19.1. The molecule has 138 valence electrons. The maximum Gasteiger partial charge on any atom is 0.341 e. The van der Waals surface area contributed by atoms with Crippen LogP contribution in [0.15, 0.2) is 46.9 Å². The number of hydrogen-bond acceptors (Lipinski definition) is 3. The molecule has 2 aromatic carbocycles. The van der Waals surface area contributed by atoms with E-state index in [2.05, 4.69) is 47.2 Å². The lowest BCUT2D eigenvalue weighted by Crippen LogP contribution is -2.30. The Bertz CT molecular complexity index is 775. The van der Waals surface area contributed by atoms with Crippen molar-refractivity contribution in [3.05, 3.63) is 69.4 Å². The van der Waals surface area contributed by atoms with Gasteiger partial charge < -0.3 is 10.1 Å². The zero-order valence-corrected chi connectivity index (χ0v) is 16.3. The van der Waals surface area contributed by atoms with Crippen LogP contribution < -0.4 is 5.32 Å². The Hall–Kier alpha value is -2.21. The van der Waals surface area contributed by atoms with Crippen LogP contribution in [-0.2, 0) is 16.0 Å². The number of carbonyl (C=O) groups is 2. The van der Waals surface area contributed by atoms with Crippen molar-refractivity contribution in [2.45, 2.75) is 26.2 Å². The number of esters is 1. The van der Waals surface area contributed by atoms with Crippen LogP contribution in [0.3, 0.4) is 0 Å². The highest BCUT2D eigenvalue weighted by Gasteiger charge is 2.15. The molecule has 2 aromatic rings. The second-order valence-electron chi connectivity index (χ2n) is 6.20. The summed E-state index contributed by atoms with van der Waals surface area (Å²) in [6.07, 6.45) is 0.679. The van der Waals surface area contributed by atoms with E-state index in [1.807, 2.05) is 12.1 Å². The van der Waals surface area contributed by atoms with E-state index in [0.29, 0.717) is 23.4 Å². The summed E-state index contributed by atoms with van der Waals surface area (Å²) in [5.41, 5.74) is 2.17. The quantitative estimate of drug-likeness (QED) is 0.680. The van der Waals surface area contributed by atoms with Gasteiger partial charge in [-0.25, -0.2) is 9.18 Å². The van der Waals surface area contributed by atoms with Crippen molar-refractivity contribution in [1.82, 2.24) is 5.32 Å². The number of carbonyl (C=O) groups excluding carboxylic acids is 2. The van der Waals surface area contributed by atoms with Gasteiger partial charge in [0.2, 0.25) is 0 Å². The number of nitrogens with one attached hydrogen (secondary N) is 1. The van der Waals surface area contributed by atoms with E-state index in [4.69, 9.17) is 4.74 Å². The molecule has 2 rings (SSSR count). The highest BCUT2D eigenvalue weighted by Crippen LogP contribution is 2.16. The Balaban J connectivity index is 1.75. The minimum absolute atomic E-state index is 0.211. The van der Waals surface area contributed by atoms with Crippen LogP contribution in [-0.4, -0.2) is 25.0 Å². The molecule has 0 aliphatic rings. The second kappa shape index (κ2) is 9.48. The SMILES string of the molecule is CC(C)c1ccc(CCNC(=O)COC(=O)c2cc(Br)ccc2F)cc1. The van der Waals surface area contributed by atoms with Gasteiger partial charge in [0, 0.05) is 11.0 Å². The van der Waals surface area contributed by atoms with Gasteiger partial charge >= 0.3 is 5.97 Å². The van der Waals surface area contributed by atoms with Crippen molar-refractivity contribution in [3.8, 4) is 0 Å². The van der Waals surface area contributed by atoms with Gasteiger partial charge in [0.25, 0.3) is 5.91 Å². The molecule has 0 spiro atoms. The predicted octanol–water partition coefficient (Wildman–Crippen LogP) is 4.23. The van der Waals surface area contributed by atoms with Crippen LogP contribution in [0.4, 0.5) is 4.39 Å². The van der Waals surface area contributed by atoms with Crippen molar-refractivity contribution >= 4 is 27.8 Å². The Morgan fingerprint density at radius 1 is 1.15 bits per heavy atom. The van der Waals surface area contributed by atoms with Crippen molar-refractivity contribution in [3.63, 3.8) is 0 Å². The lowest BCUT2D eigenvalue weighted by atomic mass is 10.0. The molecule has 0 bridgehead atoms. The molecule has 4 nitrogen and oxygen atoms in total. The van der Waals surface area contributed by atoms with E-state index in [1.54, 1.807) is 0 Å². The molecule has 0 saturated carbocycles. The minimum Gasteiger partial charge on any atom is -0.452 e. The first-order chi connectivity index (χ1) is 12.4. The van der Waals surface area contributed by atoms with Gasteiger partial charge in [-0.15, -0.1) is 0 Å². The van der Waals surface area contributed by atoms with Crippen molar-refractivity contribution in [2.75, 3.05) is 13.2 Å². The summed E-state index contributed by atoms with van der Waals surface area (Å²) >= 11 is 3.16. The molecule has 0 heterocycles. The molecule has 0 saturated heterocycles. The van der Waals surface area contributed by atoms with Gasteiger partial charge in [-0.2, -0.15) is 0 Å². The second-order valence-corrected chi connectivity index (χ2v) is 7.11. The smallest absolute Gasteiger partial charge is 0.341 e. The Labute approximate surface area is 160 Å². The molecule has 1 amide bonds. The summed E-state index contributed by atoms with van der Waals surface area (Å²) in [5, 5.41) is 2.68. The van der Waals surface area contributed by atoms with Gasteiger partial charge in [0.1, 0.15) is 5.82 Å². The van der Waals surface area contributed by atoms with Crippen LogP contribution in [0, 0.1) is 5.82 Å². The number of amides is 1. The predicted molar refractivity (Wildman–Crippen MR) is 102 cm³/mol. The Morgan fingerprint density at radius 2 is 1.85 bits per heavy atom. The van der Waals surface area contributed by atoms with Crippen LogP contribution in [0.1, 0.15) is 41.3 Å². The Kier molecular flexibility index (Phi) is 7.33. The molecule has 0 unspecified atom stereocenters. The molecule has 0 fully saturated rings. The summed E-state index contributed by atoms with van der Waals surface area (Å²) in [4.78, 5) is 23.6. The largest absolute Gasteiger partial charge is 0.452 e. The molecular formula is C20H21BrFNO3. The number of hydrogen-bond donors (Lipinski definition) is 1. The molecule has 26 heavy (non-hydrogen) atoms. The highest BCUT2D eigenvalue weighted by atomic mass is 79.9. The zero-order valence-electron chi connectivity index (χ0n) is 14.7. The van der Waals surface area contributed by atoms with Crippen molar-refractivity contribution in [2.24, 2.45) is 0 Å². The van der Waals surface area contributed by atoms with Crippen LogP contribution >= 0.6 is 15.9 Å². The fourth-order valence-electron chi connectivity index (χ4n) is 2.33. The first-order valence-electron chi connectivity index (χ1n) is 8.34. The van der Waals surface area contributed by atoms with Gasteiger partial charge in [-0.1, -0.05) is 54.0 Å². The van der Waals surface area contributed by atoms with Crippen molar-refractivity contribution < 1.29 is 18.7 Å². The first kappa shape index (κ1) is 20.1. The number of rotatable bonds is 7. The fraction of sp³-hybridized carbons (Fsp3) is 0.300. The summed E-state index contributed by atoms with van der Waals surface area (Å²) < 4.78 is 19.0. The summed E-state index contributed by atoms with van der Waals surface area (Å²) in [5.74, 6) is -1.51. The summed E-state index contributed by atoms with van der Waals surface area (Å²) in [7, 11) is 0. The normalized spacial score (nSPS) is 10.7. The summed E-state index contributed by atoms with van der Waals surface area (Å²) in [6, 6.07) is 12.2. The molecule has 6 heteroatoms. The lowest BCUT2D eigenvalue weighted by molar-refractivity contribution is -0.124. The number of ether oxygens (including phenoxy) is 1. The molecule has 0 aliphatic carbocycles. The van der Waals surface area contributed by atoms with Crippen LogP contribution in [0.2, 0.25) is 0 Å². The first-order valence-corrected chi connectivity index (χ1v) is 9.14. The standard InChI is InChI=1S/C20H21BrFNO3/c1-13(2)15-5-3-14(4-6-15)9-10-23-19(24)12-26-20(25)17-11-16(21)7-8-18(17)22/h3-8,11,13H,9-10,12H2,1-2H3,(H,23,24). The van der Waals surface area contributed by atoms with E-state index in [0.717, 1.165) is 11.6 Å². The van der Waals surface area contributed by atoms with E-state index in [9.17, 15) is 14.0 Å². The van der Waals surface area contributed by atoms with Crippen LogP contribution in [0.25, 0.3) is 0 Å². The maximum atomic E-state index is 13.6. The number of halogens is 2. The maximum absolute atomic E-state index is 13.6. The average molecular weight is 422 g/mol. The van der Waals surface area contributed by atoms with Gasteiger partial charge in [0.15, 0.2) is 6.61 Å². The van der Waals surface area contributed by atoms with Gasteiger partial charge in [-0.05, 0) is 41.7 Å². The molecule has 0 atom stereocenters. The third-order valence-corrected chi connectivity index (χ3v) is 4.36. The minimum atomic E-state index is -0.872. The monoisotopic (exact) mass is 421 g/mol. The fourth-order valence-corrected chi connectivity index (χ4v) is 2.69. The molecule has 0 aromatic heterocycles. The van der Waals surface area contributed by atoms with Crippen molar-refractivity contribution in [1.29, 1.82) is 0 Å². The van der Waals surface area contributed by atoms with Gasteiger partial charge in [0.05, 0.1) is 5.56 Å². The van der Waals surface area contributed by atoms with E-state index >= 15 is 0 Å². The number of benzene rings is 2. The van der Waals surface area contributed by atoms with E-state index in [1.165, 1.54) is 17.7 Å². The molecule has 1 N–H and O–H groups in total. The van der Waals surface area contributed by atoms with E-state index in [-0.39, 0.29) is 5.56 Å². The Morgan fingerprint density at radius 3 is 2.50 bits per heavy atom. The van der Waals surface area contributed by atoms with Crippen LogP contribution in [0.5, 0.6) is 0 Å². The average Bonchev–Trinajstić information content (AvgIpc) is 2.62. The summed E-state index contributed by atoms with van der Waals surface area (Å²) in [6.45, 7) is 4.26. The third-order valence-electron chi connectivity index (χ3n) is 3.86. The molecular weight excluding hydrogens is 401 g/mol. The third kappa shape index (κ3) is 5.95. The molecule has 0 radical (unpaired) electrons. The highest BCUT2D eigenvalue weighted by molar-refractivity contribution is 9.10. The molecule has 0 aliphatic heterocycles. The lowest BCUT2D eigenvalue weighted by Gasteiger charge is -2.09.